The van der Waals surface area contributed by atoms with Gasteiger partial charge in [-0.1, -0.05) is 30.3 Å². The van der Waals surface area contributed by atoms with Crippen molar-refractivity contribution in [3.05, 3.63) is 35.9 Å². The van der Waals surface area contributed by atoms with E-state index >= 15 is 0 Å². The molecule has 2 bridgehead atoms. The fourth-order valence-corrected chi connectivity index (χ4v) is 5.62. The molecule has 1 aliphatic carbocycles. The van der Waals surface area contributed by atoms with Crippen molar-refractivity contribution in [1.82, 2.24) is 4.90 Å². The molecule has 0 unspecified atom stereocenters. The van der Waals surface area contributed by atoms with Gasteiger partial charge >= 0.3 is 5.97 Å². The number of benzene rings is 1. The Hall–Kier alpha value is -1.88. The lowest BCUT2D eigenvalue weighted by molar-refractivity contribution is -0.160. The maximum absolute atomic E-state index is 13.3. The first-order chi connectivity index (χ1) is 13.0. The lowest BCUT2D eigenvalue weighted by Crippen LogP contribution is -2.53. The number of carbonyl (C=O) groups excluding carboxylic acids is 2. The minimum absolute atomic E-state index is 0.0280. The second-order valence-corrected chi connectivity index (χ2v) is 8.44. The molecule has 1 aromatic rings. The van der Waals surface area contributed by atoms with Gasteiger partial charge in [0.1, 0.15) is 5.60 Å². The summed E-state index contributed by atoms with van der Waals surface area (Å²) in [6.45, 7) is 2.16. The standard InChI is InChI=1S/C22H29NO4/c1-2-27-20(25)21(14-16-8-4-3-5-9-16)15-17-10-11-18(21)23(17)19(24)22(26)12-6-7-13-22/h3-5,8-9,17-18,26H,2,6-7,10-15H2,1H3/t17-,18+,21+/m1/s1. The van der Waals surface area contributed by atoms with Gasteiger partial charge in [0.05, 0.1) is 12.0 Å². The van der Waals surface area contributed by atoms with E-state index in [1.165, 1.54) is 0 Å². The summed E-state index contributed by atoms with van der Waals surface area (Å²) in [5.74, 6) is -0.357. The van der Waals surface area contributed by atoms with Crippen LogP contribution >= 0.6 is 0 Å². The summed E-state index contributed by atoms with van der Waals surface area (Å²) in [7, 11) is 0. The van der Waals surface area contributed by atoms with Gasteiger partial charge in [0.2, 0.25) is 0 Å². The fraction of sp³-hybridized carbons (Fsp3) is 0.636. The number of esters is 1. The fourth-order valence-electron chi connectivity index (χ4n) is 5.62. The van der Waals surface area contributed by atoms with Crippen molar-refractivity contribution in [1.29, 1.82) is 0 Å². The SMILES string of the molecule is CCOC(=O)[C@@]1(Cc2ccccc2)C[C@H]2CC[C@@H]1N2C(=O)C1(O)CCCC1. The molecule has 27 heavy (non-hydrogen) atoms. The van der Waals surface area contributed by atoms with E-state index in [0.29, 0.717) is 32.3 Å². The summed E-state index contributed by atoms with van der Waals surface area (Å²) in [5, 5.41) is 10.9. The highest BCUT2D eigenvalue weighted by molar-refractivity contribution is 5.89. The van der Waals surface area contributed by atoms with E-state index in [4.69, 9.17) is 4.74 Å². The van der Waals surface area contributed by atoms with Gasteiger partial charge in [-0.3, -0.25) is 9.59 Å². The number of hydrogen-bond acceptors (Lipinski definition) is 4. The Morgan fingerprint density at radius 1 is 1.19 bits per heavy atom. The first-order valence-corrected chi connectivity index (χ1v) is 10.3. The first-order valence-electron chi connectivity index (χ1n) is 10.3. The Labute approximate surface area is 160 Å². The third-order valence-electron chi connectivity index (χ3n) is 6.85. The average Bonchev–Trinajstić information content (AvgIpc) is 3.36. The third kappa shape index (κ3) is 2.96. The van der Waals surface area contributed by atoms with E-state index < -0.39 is 11.0 Å². The van der Waals surface area contributed by atoms with Gasteiger partial charge in [-0.25, -0.2) is 0 Å². The highest BCUT2D eigenvalue weighted by atomic mass is 16.5. The van der Waals surface area contributed by atoms with Crippen LogP contribution in [0.2, 0.25) is 0 Å². The number of nitrogens with zero attached hydrogens (tertiary/aromatic N) is 1. The van der Waals surface area contributed by atoms with Crippen molar-refractivity contribution >= 4 is 11.9 Å². The predicted molar refractivity (Wildman–Crippen MR) is 101 cm³/mol. The van der Waals surface area contributed by atoms with Crippen LogP contribution in [0.4, 0.5) is 0 Å². The second kappa shape index (κ2) is 6.93. The first kappa shape index (κ1) is 18.5. The summed E-state index contributed by atoms with van der Waals surface area (Å²) in [4.78, 5) is 28.2. The number of hydrogen-bond donors (Lipinski definition) is 1. The zero-order valence-electron chi connectivity index (χ0n) is 16.0. The van der Waals surface area contributed by atoms with Crippen LogP contribution in [0, 0.1) is 5.41 Å². The molecule has 4 rings (SSSR count). The van der Waals surface area contributed by atoms with E-state index in [1.807, 2.05) is 42.2 Å². The van der Waals surface area contributed by atoms with Crippen molar-refractivity contribution in [2.24, 2.45) is 5.41 Å². The van der Waals surface area contributed by atoms with Crippen LogP contribution in [0.1, 0.15) is 57.4 Å². The van der Waals surface area contributed by atoms with Crippen LogP contribution in [0.25, 0.3) is 0 Å². The van der Waals surface area contributed by atoms with Crippen LogP contribution in [0.5, 0.6) is 0 Å². The van der Waals surface area contributed by atoms with Crippen molar-refractivity contribution in [2.45, 2.75) is 76.0 Å². The smallest absolute Gasteiger partial charge is 0.314 e. The van der Waals surface area contributed by atoms with Crippen LogP contribution < -0.4 is 0 Å². The molecular weight excluding hydrogens is 342 g/mol. The Bertz CT molecular complexity index is 712. The zero-order valence-corrected chi connectivity index (χ0v) is 16.0. The van der Waals surface area contributed by atoms with Gasteiger partial charge in [-0.2, -0.15) is 0 Å². The summed E-state index contributed by atoms with van der Waals surface area (Å²) in [5.41, 5.74) is -0.853. The van der Waals surface area contributed by atoms with Crippen molar-refractivity contribution in [3.8, 4) is 0 Å². The monoisotopic (exact) mass is 371 g/mol. The molecule has 3 fully saturated rings. The van der Waals surface area contributed by atoms with E-state index in [1.54, 1.807) is 0 Å². The summed E-state index contributed by atoms with van der Waals surface area (Å²) in [6.07, 6.45) is 5.76. The van der Waals surface area contributed by atoms with Crippen LogP contribution in [0.15, 0.2) is 30.3 Å². The summed E-state index contributed by atoms with van der Waals surface area (Å²) in [6, 6.07) is 9.83. The molecule has 0 aromatic heterocycles. The van der Waals surface area contributed by atoms with Gasteiger partial charge in [0.25, 0.3) is 5.91 Å². The lowest BCUT2D eigenvalue weighted by atomic mass is 9.70. The number of fused-ring (bicyclic) bond motifs is 2. The number of carbonyl (C=O) groups is 2. The third-order valence-corrected chi connectivity index (χ3v) is 6.85. The quantitative estimate of drug-likeness (QED) is 0.808. The zero-order chi connectivity index (χ0) is 19.1. The number of ether oxygens (including phenoxy) is 1. The predicted octanol–water partition coefficient (Wildman–Crippen LogP) is 2.85. The van der Waals surface area contributed by atoms with Gasteiger partial charge in [-0.05, 0) is 63.9 Å². The second-order valence-electron chi connectivity index (χ2n) is 8.44. The molecule has 3 aliphatic rings. The maximum atomic E-state index is 13.3. The topological polar surface area (TPSA) is 66.8 Å². The van der Waals surface area contributed by atoms with E-state index in [9.17, 15) is 14.7 Å². The Kier molecular flexibility index (Phi) is 4.75. The van der Waals surface area contributed by atoms with Gasteiger partial charge in [-0.15, -0.1) is 0 Å². The molecule has 1 saturated carbocycles. The maximum Gasteiger partial charge on any atom is 0.314 e. The highest BCUT2D eigenvalue weighted by Crippen LogP contribution is 2.53. The van der Waals surface area contributed by atoms with Gasteiger partial charge in [0.15, 0.2) is 0 Å². The number of aliphatic hydroxyl groups is 1. The molecule has 5 heteroatoms. The number of amides is 1. The Morgan fingerprint density at radius 2 is 1.89 bits per heavy atom. The Balaban J connectivity index is 1.66. The molecule has 1 amide bonds. The van der Waals surface area contributed by atoms with Crippen LogP contribution in [0.3, 0.4) is 0 Å². The minimum Gasteiger partial charge on any atom is -0.465 e. The average molecular weight is 371 g/mol. The van der Waals surface area contributed by atoms with E-state index in [2.05, 4.69) is 0 Å². The van der Waals surface area contributed by atoms with Gasteiger partial charge in [0, 0.05) is 12.1 Å². The van der Waals surface area contributed by atoms with Gasteiger partial charge < -0.3 is 14.7 Å². The van der Waals surface area contributed by atoms with E-state index in [-0.39, 0.29) is 24.0 Å². The lowest BCUT2D eigenvalue weighted by Gasteiger charge is -2.36. The van der Waals surface area contributed by atoms with Crippen molar-refractivity contribution in [2.75, 3.05) is 6.61 Å². The molecule has 2 heterocycles. The normalized spacial score (nSPS) is 31.3. The molecule has 1 N–H and O–H groups in total. The Morgan fingerprint density at radius 3 is 2.56 bits per heavy atom. The molecule has 146 valence electrons. The summed E-state index contributed by atoms with van der Waals surface area (Å²) < 4.78 is 5.49. The molecule has 1 aromatic carbocycles. The molecular formula is C22H29NO4. The van der Waals surface area contributed by atoms with E-state index in [0.717, 1.165) is 31.2 Å². The van der Waals surface area contributed by atoms with Crippen molar-refractivity contribution in [3.63, 3.8) is 0 Å². The van der Waals surface area contributed by atoms with Crippen LogP contribution in [-0.2, 0) is 20.7 Å². The molecule has 3 atom stereocenters. The minimum atomic E-state index is -1.24. The largest absolute Gasteiger partial charge is 0.465 e. The van der Waals surface area contributed by atoms with Crippen LogP contribution in [-0.4, -0.2) is 46.2 Å². The molecule has 2 saturated heterocycles. The summed E-state index contributed by atoms with van der Waals surface area (Å²) >= 11 is 0. The molecule has 2 aliphatic heterocycles. The molecule has 0 spiro atoms. The number of rotatable bonds is 5. The highest BCUT2D eigenvalue weighted by Gasteiger charge is 2.63. The van der Waals surface area contributed by atoms with Crippen molar-refractivity contribution < 1.29 is 19.4 Å². The molecule has 0 radical (unpaired) electrons. The molecule has 5 nitrogen and oxygen atoms in total.